The summed E-state index contributed by atoms with van der Waals surface area (Å²) in [5, 5.41) is 3.38. The third-order valence-electron chi connectivity index (χ3n) is 5.01. The Morgan fingerprint density at radius 1 is 1.03 bits per heavy atom. The van der Waals surface area contributed by atoms with Crippen LogP contribution in [0, 0.1) is 0 Å². The summed E-state index contributed by atoms with van der Waals surface area (Å²) in [6, 6.07) is 11.5. The van der Waals surface area contributed by atoms with Crippen molar-refractivity contribution in [3.8, 4) is 0 Å². The van der Waals surface area contributed by atoms with Gasteiger partial charge in [-0.1, -0.05) is 42.3 Å². The molecule has 9 heteroatoms. The van der Waals surface area contributed by atoms with Crippen molar-refractivity contribution in [3.63, 3.8) is 0 Å². The zero-order chi connectivity index (χ0) is 23.2. The molecule has 0 saturated heterocycles. The average molecular weight is 486 g/mol. The second kappa shape index (κ2) is 11.1. The third kappa shape index (κ3) is 6.51. The fraction of sp³-hybridized carbons (Fsp3) is 0.409. The predicted octanol–water partition coefficient (Wildman–Crippen LogP) is 4.70. The highest BCUT2D eigenvalue weighted by Gasteiger charge is 2.32. The van der Waals surface area contributed by atoms with Crippen LogP contribution in [0.2, 0.25) is 10.0 Å². The maximum absolute atomic E-state index is 13.0. The quantitative estimate of drug-likeness (QED) is 0.529. The summed E-state index contributed by atoms with van der Waals surface area (Å²) < 4.78 is 26.2. The van der Waals surface area contributed by atoms with E-state index in [4.69, 9.17) is 23.2 Å². The molecule has 0 aromatic heterocycles. The van der Waals surface area contributed by atoms with Gasteiger partial charge in [-0.2, -0.15) is 0 Å². The summed E-state index contributed by atoms with van der Waals surface area (Å²) in [4.78, 5) is 15.2. The lowest BCUT2D eigenvalue weighted by molar-refractivity contribution is -0.122. The van der Waals surface area contributed by atoms with E-state index in [0.717, 1.165) is 34.9 Å². The first-order valence-electron chi connectivity index (χ1n) is 10.2. The van der Waals surface area contributed by atoms with Crippen LogP contribution in [-0.2, 0) is 21.4 Å². The Kier molecular flexibility index (Phi) is 9.03. The zero-order valence-electron chi connectivity index (χ0n) is 18.2. The van der Waals surface area contributed by atoms with Crippen LogP contribution in [-0.4, -0.2) is 39.7 Å². The van der Waals surface area contributed by atoms with Crippen LogP contribution in [0.1, 0.15) is 32.8 Å². The van der Waals surface area contributed by atoms with Gasteiger partial charge in [0.2, 0.25) is 15.9 Å². The molecule has 0 saturated carbocycles. The van der Waals surface area contributed by atoms with E-state index in [1.165, 1.54) is 12.1 Å². The maximum atomic E-state index is 13.0. The Hall–Kier alpha value is -1.96. The summed E-state index contributed by atoms with van der Waals surface area (Å²) in [5.41, 5.74) is 2.22. The number of carbonyl (C=O) groups excluding carboxylic acids is 1. The Bertz CT molecular complexity index is 994. The van der Waals surface area contributed by atoms with Crippen LogP contribution >= 0.6 is 23.2 Å². The molecule has 6 nitrogen and oxygen atoms in total. The molecule has 1 amide bonds. The summed E-state index contributed by atoms with van der Waals surface area (Å²) in [7, 11) is -3.79. The van der Waals surface area contributed by atoms with Crippen molar-refractivity contribution in [1.82, 2.24) is 5.32 Å². The molecular weight excluding hydrogens is 457 g/mol. The van der Waals surface area contributed by atoms with Gasteiger partial charge < -0.3 is 10.2 Å². The Morgan fingerprint density at radius 2 is 1.65 bits per heavy atom. The van der Waals surface area contributed by atoms with Crippen molar-refractivity contribution in [2.45, 2.75) is 39.8 Å². The number of nitrogens with one attached hydrogen (secondary N) is 1. The molecule has 0 heterocycles. The van der Waals surface area contributed by atoms with Crippen LogP contribution in [0.5, 0.6) is 0 Å². The molecule has 0 aliphatic heterocycles. The van der Waals surface area contributed by atoms with Gasteiger partial charge in [-0.05, 0) is 56.2 Å². The van der Waals surface area contributed by atoms with Crippen molar-refractivity contribution in [1.29, 1.82) is 0 Å². The molecule has 0 spiro atoms. The standard InChI is InChI=1S/C22H29Cl2N3O3S/c1-5-20(27(31(4,29)30)21-14-17(23)10-13-19(21)24)22(28)25-15-16-8-11-18(12-9-16)26(6-2)7-3/h8-14,20H,5-7,15H2,1-4H3,(H,25,28). The van der Waals surface area contributed by atoms with E-state index in [2.05, 4.69) is 24.1 Å². The first-order valence-corrected chi connectivity index (χ1v) is 12.8. The molecule has 0 aliphatic carbocycles. The van der Waals surface area contributed by atoms with Crippen LogP contribution in [0.25, 0.3) is 0 Å². The number of sulfonamides is 1. The van der Waals surface area contributed by atoms with Gasteiger partial charge in [0, 0.05) is 30.3 Å². The lowest BCUT2D eigenvalue weighted by Crippen LogP contribution is -2.49. The van der Waals surface area contributed by atoms with Gasteiger partial charge in [0.1, 0.15) is 6.04 Å². The highest BCUT2D eigenvalue weighted by atomic mass is 35.5. The molecule has 0 fully saturated rings. The second-order valence-corrected chi connectivity index (χ2v) is 9.84. The van der Waals surface area contributed by atoms with Gasteiger partial charge in [-0.25, -0.2) is 8.42 Å². The molecule has 0 aliphatic rings. The molecule has 1 N–H and O–H groups in total. The van der Waals surface area contributed by atoms with Crippen LogP contribution in [0.15, 0.2) is 42.5 Å². The number of halogens is 2. The molecule has 170 valence electrons. The Morgan fingerprint density at radius 3 is 2.16 bits per heavy atom. The lowest BCUT2D eigenvalue weighted by Gasteiger charge is -2.30. The summed E-state index contributed by atoms with van der Waals surface area (Å²) in [6.45, 7) is 8.06. The largest absolute Gasteiger partial charge is 0.372 e. The number of hydrogen-bond donors (Lipinski definition) is 1. The molecule has 0 radical (unpaired) electrons. The van der Waals surface area contributed by atoms with Crippen molar-refractivity contribution < 1.29 is 13.2 Å². The third-order valence-corrected chi connectivity index (χ3v) is 6.73. The van der Waals surface area contributed by atoms with Gasteiger partial charge in [-0.3, -0.25) is 9.10 Å². The van der Waals surface area contributed by atoms with Crippen LogP contribution in [0.4, 0.5) is 11.4 Å². The first kappa shape index (κ1) is 25.3. The van der Waals surface area contributed by atoms with E-state index in [-0.39, 0.29) is 23.7 Å². The molecular formula is C22H29Cl2N3O3S. The topological polar surface area (TPSA) is 69.7 Å². The highest BCUT2D eigenvalue weighted by Crippen LogP contribution is 2.33. The number of carbonyl (C=O) groups is 1. The number of rotatable bonds is 10. The fourth-order valence-corrected chi connectivity index (χ4v) is 5.05. The van der Waals surface area contributed by atoms with Crippen molar-refractivity contribution in [3.05, 3.63) is 58.1 Å². The summed E-state index contributed by atoms with van der Waals surface area (Å²) in [5.74, 6) is -0.406. The molecule has 2 aromatic rings. The van der Waals surface area contributed by atoms with E-state index >= 15 is 0 Å². The van der Waals surface area contributed by atoms with Crippen LogP contribution < -0.4 is 14.5 Å². The van der Waals surface area contributed by atoms with Gasteiger partial charge >= 0.3 is 0 Å². The second-order valence-electron chi connectivity index (χ2n) is 7.14. The number of nitrogens with zero attached hydrogens (tertiary/aromatic N) is 2. The number of hydrogen-bond acceptors (Lipinski definition) is 4. The molecule has 2 rings (SSSR count). The monoisotopic (exact) mass is 485 g/mol. The normalized spacial score (nSPS) is 12.3. The maximum Gasteiger partial charge on any atom is 0.244 e. The average Bonchev–Trinajstić information content (AvgIpc) is 2.73. The smallest absolute Gasteiger partial charge is 0.244 e. The molecule has 1 unspecified atom stereocenters. The van der Waals surface area contributed by atoms with E-state index in [0.29, 0.717) is 5.02 Å². The SMILES string of the molecule is CCC(C(=O)NCc1ccc(N(CC)CC)cc1)N(c1cc(Cl)ccc1Cl)S(C)(=O)=O. The van der Waals surface area contributed by atoms with Crippen LogP contribution in [0.3, 0.4) is 0 Å². The van der Waals surface area contributed by atoms with Gasteiger partial charge in [0.25, 0.3) is 0 Å². The van der Waals surface area contributed by atoms with Gasteiger partial charge in [-0.15, -0.1) is 0 Å². The van der Waals surface area contributed by atoms with Gasteiger partial charge in [0.05, 0.1) is 17.0 Å². The predicted molar refractivity (Wildman–Crippen MR) is 130 cm³/mol. The molecule has 31 heavy (non-hydrogen) atoms. The minimum absolute atomic E-state index is 0.183. The lowest BCUT2D eigenvalue weighted by atomic mass is 10.1. The first-order chi connectivity index (χ1) is 14.6. The summed E-state index contributed by atoms with van der Waals surface area (Å²) >= 11 is 12.3. The molecule has 1 atom stereocenters. The van der Waals surface area contributed by atoms with Crippen molar-refractivity contribution in [2.75, 3.05) is 28.6 Å². The van der Waals surface area contributed by atoms with Crippen molar-refractivity contribution >= 4 is 50.5 Å². The number of amides is 1. The Labute approximate surface area is 195 Å². The Balaban J connectivity index is 2.21. The van der Waals surface area contributed by atoms with E-state index in [1.54, 1.807) is 13.0 Å². The number of anilines is 2. The number of benzene rings is 2. The van der Waals surface area contributed by atoms with Gasteiger partial charge in [0.15, 0.2) is 0 Å². The molecule has 2 aromatic carbocycles. The van der Waals surface area contributed by atoms with E-state index < -0.39 is 22.0 Å². The fourth-order valence-electron chi connectivity index (χ4n) is 3.41. The van der Waals surface area contributed by atoms with E-state index in [1.807, 2.05) is 24.3 Å². The summed E-state index contributed by atoms with van der Waals surface area (Å²) in [6.07, 6.45) is 1.31. The molecule has 0 bridgehead atoms. The minimum Gasteiger partial charge on any atom is -0.372 e. The highest BCUT2D eigenvalue weighted by molar-refractivity contribution is 7.92. The van der Waals surface area contributed by atoms with Crippen molar-refractivity contribution in [2.24, 2.45) is 0 Å². The zero-order valence-corrected chi connectivity index (χ0v) is 20.6. The van der Waals surface area contributed by atoms with E-state index in [9.17, 15) is 13.2 Å². The minimum atomic E-state index is -3.79.